The molecule has 1 aliphatic rings. The van der Waals surface area contributed by atoms with Gasteiger partial charge in [-0.15, -0.1) is 0 Å². The molecule has 0 aromatic heterocycles. The first kappa shape index (κ1) is 20.8. The molecule has 148 valence electrons. The van der Waals surface area contributed by atoms with Crippen LogP contribution in [0.3, 0.4) is 0 Å². The number of benzene rings is 1. The van der Waals surface area contributed by atoms with E-state index in [2.05, 4.69) is 6.07 Å². The number of carbonyl (C=O) groups is 2. The van der Waals surface area contributed by atoms with Gasteiger partial charge in [-0.3, -0.25) is 0 Å². The van der Waals surface area contributed by atoms with Gasteiger partial charge in [0.25, 0.3) is 0 Å². The van der Waals surface area contributed by atoms with Gasteiger partial charge in [0.15, 0.2) is 6.10 Å². The molecule has 0 saturated carbocycles. The molecule has 2 rings (SSSR count). The smallest absolute Gasteiger partial charge is 0.435 e. The van der Waals surface area contributed by atoms with Crippen LogP contribution in [0.1, 0.15) is 36.6 Å². The largest absolute Gasteiger partial charge is 0.508 e. The first-order valence-electron chi connectivity index (χ1n) is 8.97. The normalized spacial score (nSPS) is 21.4. The fourth-order valence-electron chi connectivity index (χ4n) is 2.83. The summed E-state index contributed by atoms with van der Waals surface area (Å²) in [6.07, 6.45) is 0.174. The van der Waals surface area contributed by atoms with Crippen LogP contribution in [0.2, 0.25) is 0 Å². The van der Waals surface area contributed by atoms with Crippen molar-refractivity contribution in [3.8, 4) is 0 Å². The van der Waals surface area contributed by atoms with E-state index in [1.807, 2.05) is 32.1 Å². The van der Waals surface area contributed by atoms with Crippen molar-refractivity contribution in [2.75, 3.05) is 19.8 Å². The van der Waals surface area contributed by atoms with Crippen molar-refractivity contribution in [1.82, 2.24) is 0 Å². The van der Waals surface area contributed by atoms with Crippen LogP contribution in [-0.2, 0) is 23.7 Å². The van der Waals surface area contributed by atoms with E-state index in [1.165, 1.54) is 0 Å². The average Bonchev–Trinajstić information content (AvgIpc) is 2.60. The zero-order valence-corrected chi connectivity index (χ0v) is 16.1. The van der Waals surface area contributed by atoms with Crippen molar-refractivity contribution in [3.63, 3.8) is 0 Å². The second kappa shape index (κ2) is 9.97. The molecule has 0 saturated heterocycles. The Hall–Kier alpha value is -2.54. The lowest BCUT2D eigenvalue weighted by Crippen LogP contribution is -2.40. The quantitative estimate of drug-likeness (QED) is 0.546. The van der Waals surface area contributed by atoms with Crippen molar-refractivity contribution < 1.29 is 33.3 Å². The van der Waals surface area contributed by atoms with Gasteiger partial charge in [-0.2, -0.15) is 0 Å². The summed E-state index contributed by atoms with van der Waals surface area (Å²) in [7, 11) is 0. The first-order valence-corrected chi connectivity index (χ1v) is 8.97. The molecule has 1 aliphatic heterocycles. The minimum atomic E-state index is -0.804. The zero-order chi connectivity index (χ0) is 19.8. The molecule has 0 bridgehead atoms. The third-order valence-corrected chi connectivity index (χ3v) is 3.86. The SMILES string of the molecule is CCOC(=O)OC[C@H]1O[C@H](c2cc(C)cc(C)c2)C=C[C@H]1OC(=O)OCC. The molecule has 1 aromatic rings. The van der Waals surface area contributed by atoms with E-state index in [-0.39, 0.29) is 25.9 Å². The topological polar surface area (TPSA) is 80.3 Å². The van der Waals surface area contributed by atoms with Crippen LogP contribution in [0.15, 0.2) is 30.4 Å². The Morgan fingerprint density at radius 1 is 0.926 bits per heavy atom. The highest BCUT2D eigenvalue weighted by Crippen LogP contribution is 2.29. The highest BCUT2D eigenvalue weighted by atomic mass is 16.7. The maximum Gasteiger partial charge on any atom is 0.508 e. The number of rotatable bonds is 6. The van der Waals surface area contributed by atoms with Crippen molar-refractivity contribution >= 4 is 12.3 Å². The van der Waals surface area contributed by atoms with Crippen molar-refractivity contribution in [2.45, 2.75) is 46.0 Å². The maximum atomic E-state index is 11.7. The molecular formula is C20H26O7. The Kier molecular flexibility index (Phi) is 7.67. The molecule has 7 heteroatoms. The van der Waals surface area contributed by atoms with Crippen LogP contribution in [0, 0.1) is 13.8 Å². The molecule has 1 heterocycles. The van der Waals surface area contributed by atoms with Gasteiger partial charge in [0.2, 0.25) is 0 Å². The molecule has 7 nitrogen and oxygen atoms in total. The van der Waals surface area contributed by atoms with Gasteiger partial charge in [-0.05, 0) is 39.3 Å². The molecule has 0 amide bonds. The number of aryl methyl sites for hydroxylation is 2. The highest BCUT2D eigenvalue weighted by molar-refractivity contribution is 5.61. The Bertz CT molecular complexity index is 663. The van der Waals surface area contributed by atoms with Gasteiger partial charge in [0.05, 0.1) is 13.2 Å². The van der Waals surface area contributed by atoms with E-state index >= 15 is 0 Å². The van der Waals surface area contributed by atoms with Gasteiger partial charge in [-0.25, -0.2) is 9.59 Å². The minimum absolute atomic E-state index is 0.117. The van der Waals surface area contributed by atoms with Crippen LogP contribution in [-0.4, -0.2) is 44.3 Å². The summed E-state index contributed by atoms with van der Waals surface area (Å²) in [6, 6.07) is 6.12. The number of carbonyl (C=O) groups excluding carboxylic acids is 2. The van der Waals surface area contributed by atoms with Crippen LogP contribution >= 0.6 is 0 Å². The highest BCUT2D eigenvalue weighted by Gasteiger charge is 2.32. The van der Waals surface area contributed by atoms with Crippen LogP contribution in [0.25, 0.3) is 0 Å². The first-order chi connectivity index (χ1) is 12.9. The molecule has 3 atom stereocenters. The lowest BCUT2D eigenvalue weighted by atomic mass is 9.99. The van der Waals surface area contributed by atoms with E-state index in [4.69, 9.17) is 23.7 Å². The standard InChI is InChI=1S/C20H26O7/c1-5-23-19(21)25-12-18-17(27-20(22)24-6-2)8-7-16(26-18)15-10-13(3)9-14(4)11-15/h7-11,16-18H,5-6,12H2,1-4H3/t16-,17+,18+/m0/s1. The van der Waals surface area contributed by atoms with Crippen LogP contribution in [0.5, 0.6) is 0 Å². The predicted octanol–water partition coefficient (Wildman–Crippen LogP) is 4.01. The molecular weight excluding hydrogens is 352 g/mol. The lowest BCUT2D eigenvalue weighted by Gasteiger charge is -2.31. The predicted molar refractivity (Wildman–Crippen MR) is 97.5 cm³/mol. The van der Waals surface area contributed by atoms with E-state index in [0.29, 0.717) is 0 Å². The van der Waals surface area contributed by atoms with E-state index in [0.717, 1.165) is 16.7 Å². The Labute approximate surface area is 159 Å². The van der Waals surface area contributed by atoms with Gasteiger partial charge >= 0.3 is 12.3 Å². The zero-order valence-electron chi connectivity index (χ0n) is 16.1. The molecule has 0 unspecified atom stereocenters. The summed E-state index contributed by atoms with van der Waals surface area (Å²) in [5, 5.41) is 0. The summed E-state index contributed by atoms with van der Waals surface area (Å²) >= 11 is 0. The van der Waals surface area contributed by atoms with Gasteiger partial charge in [0, 0.05) is 0 Å². The number of hydrogen-bond donors (Lipinski definition) is 0. The molecule has 0 spiro atoms. The molecule has 27 heavy (non-hydrogen) atoms. The third kappa shape index (κ3) is 6.29. The monoisotopic (exact) mass is 378 g/mol. The van der Waals surface area contributed by atoms with Crippen LogP contribution in [0.4, 0.5) is 9.59 Å². The summed E-state index contributed by atoms with van der Waals surface area (Å²) in [4.78, 5) is 23.2. The van der Waals surface area contributed by atoms with Gasteiger partial charge < -0.3 is 23.7 Å². The Morgan fingerprint density at radius 2 is 1.56 bits per heavy atom. The summed E-state index contributed by atoms with van der Waals surface area (Å²) in [5.74, 6) is 0. The van der Waals surface area contributed by atoms with E-state index in [9.17, 15) is 9.59 Å². The van der Waals surface area contributed by atoms with Gasteiger partial charge in [-0.1, -0.05) is 35.4 Å². The van der Waals surface area contributed by atoms with Crippen molar-refractivity contribution in [3.05, 3.63) is 47.0 Å². The molecule has 1 aromatic carbocycles. The average molecular weight is 378 g/mol. The summed E-state index contributed by atoms with van der Waals surface area (Å²) in [5.41, 5.74) is 3.21. The number of ether oxygens (including phenoxy) is 5. The van der Waals surface area contributed by atoms with Crippen molar-refractivity contribution in [2.24, 2.45) is 0 Å². The lowest BCUT2D eigenvalue weighted by molar-refractivity contribution is -0.0996. The summed E-state index contributed by atoms with van der Waals surface area (Å²) in [6.45, 7) is 7.68. The fraction of sp³-hybridized carbons (Fsp3) is 0.500. The van der Waals surface area contributed by atoms with Crippen LogP contribution < -0.4 is 0 Å². The summed E-state index contributed by atoms with van der Waals surface area (Å²) < 4.78 is 26.0. The Balaban J connectivity index is 2.14. The minimum Gasteiger partial charge on any atom is -0.435 e. The molecule has 0 fully saturated rings. The number of hydrogen-bond acceptors (Lipinski definition) is 7. The van der Waals surface area contributed by atoms with Crippen molar-refractivity contribution in [1.29, 1.82) is 0 Å². The third-order valence-electron chi connectivity index (χ3n) is 3.86. The second-order valence-electron chi connectivity index (χ2n) is 6.16. The second-order valence-corrected chi connectivity index (χ2v) is 6.16. The Morgan fingerprint density at radius 3 is 2.19 bits per heavy atom. The fourth-order valence-corrected chi connectivity index (χ4v) is 2.83. The van der Waals surface area contributed by atoms with E-state index < -0.39 is 24.5 Å². The van der Waals surface area contributed by atoms with Gasteiger partial charge in [0.1, 0.15) is 18.8 Å². The molecule has 0 aliphatic carbocycles. The van der Waals surface area contributed by atoms with E-state index in [1.54, 1.807) is 19.9 Å². The maximum absolute atomic E-state index is 11.7. The molecule has 0 N–H and O–H groups in total. The molecule has 0 radical (unpaired) electrons.